The smallest absolute Gasteiger partial charge is 0.391 e. The van der Waals surface area contributed by atoms with Gasteiger partial charge in [-0.05, 0) is 35.2 Å². The van der Waals surface area contributed by atoms with Gasteiger partial charge in [-0.2, -0.15) is 9.61 Å². The zero-order valence-electron chi connectivity index (χ0n) is 10.8. The Morgan fingerprint density at radius 2 is 2.10 bits per heavy atom. The maximum absolute atomic E-state index is 12.1. The number of fused-ring (bicyclic) bond motifs is 1. The lowest BCUT2D eigenvalue weighted by Gasteiger charge is -2.25. The van der Waals surface area contributed by atoms with Crippen LogP contribution in [0.25, 0.3) is 5.52 Å². The molecular formula is C12H14BrN5O2. The Balaban J connectivity index is 1.87. The number of piperidine rings is 1. The van der Waals surface area contributed by atoms with E-state index in [0.717, 1.165) is 32.4 Å². The molecule has 20 heavy (non-hydrogen) atoms. The van der Waals surface area contributed by atoms with Gasteiger partial charge in [0.2, 0.25) is 5.88 Å². The Hall–Kier alpha value is -1.83. The van der Waals surface area contributed by atoms with Gasteiger partial charge in [0.25, 0.3) is 0 Å². The SMILES string of the molecule is Nc1ncnn2c(OC(=O)N3CCCCC3)cc(Br)c12. The van der Waals surface area contributed by atoms with E-state index in [0.29, 0.717) is 21.7 Å². The van der Waals surface area contributed by atoms with Crippen LogP contribution in [0, 0.1) is 0 Å². The number of aromatic nitrogens is 3. The number of hydrogen-bond acceptors (Lipinski definition) is 5. The summed E-state index contributed by atoms with van der Waals surface area (Å²) in [5, 5.41) is 4.06. The normalized spacial score (nSPS) is 15.6. The first-order chi connectivity index (χ1) is 9.66. The van der Waals surface area contributed by atoms with E-state index in [1.807, 2.05) is 0 Å². The molecule has 0 spiro atoms. The molecule has 1 aliphatic heterocycles. The molecule has 7 nitrogen and oxygen atoms in total. The predicted molar refractivity (Wildman–Crippen MR) is 76.5 cm³/mol. The second-order valence-electron chi connectivity index (χ2n) is 4.65. The fourth-order valence-corrected chi connectivity index (χ4v) is 2.87. The number of anilines is 1. The monoisotopic (exact) mass is 339 g/mol. The Labute approximate surface area is 123 Å². The highest BCUT2D eigenvalue weighted by Gasteiger charge is 2.21. The van der Waals surface area contributed by atoms with Gasteiger partial charge in [0.15, 0.2) is 5.82 Å². The molecule has 0 atom stereocenters. The Kier molecular flexibility index (Phi) is 3.47. The van der Waals surface area contributed by atoms with E-state index in [2.05, 4.69) is 26.0 Å². The van der Waals surface area contributed by atoms with Crippen LogP contribution in [0.1, 0.15) is 19.3 Å². The lowest BCUT2D eigenvalue weighted by atomic mass is 10.1. The number of halogens is 1. The maximum Gasteiger partial charge on any atom is 0.416 e. The minimum Gasteiger partial charge on any atom is -0.391 e. The van der Waals surface area contributed by atoms with E-state index < -0.39 is 0 Å². The fourth-order valence-electron chi connectivity index (χ4n) is 2.30. The summed E-state index contributed by atoms with van der Waals surface area (Å²) in [7, 11) is 0. The third-order valence-corrected chi connectivity index (χ3v) is 3.91. The van der Waals surface area contributed by atoms with E-state index in [4.69, 9.17) is 10.5 Å². The third-order valence-electron chi connectivity index (χ3n) is 3.31. The van der Waals surface area contributed by atoms with Crippen molar-refractivity contribution in [3.05, 3.63) is 16.9 Å². The molecule has 0 aliphatic carbocycles. The summed E-state index contributed by atoms with van der Waals surface area (Å²) in [4.78, 5) is 17.7. The molecule has 0 unspecified atom stereocenters. The van der Waals surface area contributed by atoms with Crippen molar-refractivity contribution in [2.45, 2.75) is 19.3 Å². The van der Waals surface area contributed by atoms with Gasteiger partial charge in [-0.15, -0.1) is 0 Å². The minimum absolute atomic E-state index is 0.326. The highest BCUT2D eigenvalue weighted by Crippen LogP contribution is 2.29. The molecule has 2 N–H and O–H groups in total. The van der Waals surface area contributed by atoms with Crippen molar-refractivity contribution < 1.29 is 9.53 Å². The first-order valence-electron chi connectivity index (χ1n) is 6.41. The highest BCUT2D eigenvalue weighted by atomic mass is 79.9. The number of hydrogen-bond donors (Lipinski definition) is 1. The van der Waals surface area contributed by atoms with E-state index >= 15 is 0 Å². The molecule has 0 aromatic carbocycles. The van der Waals surface area contributed by atoms with Crippen LogP contribution in [0.3, 0.4) is 0 Å². The summed E-state index contributed by atoms with van der Waals surface area (Å²) in [6.45, 7) is 1.47. The Bertz CT molecular complexity index is 651. The number of amides is 1. The molecule has 3 heterocycles. The number of likely N-dealkylation sites (tertiary alicyclic amines) is 1. The molecular weight excluding hydrogens is 326 g/mol. The van der Waals surface area contributed by atoms with Crippen molar-refractivity contribution in [1.82, 2.24) is 19.5 Å². The van der Waals surface area contributed by atoms with Crippen molar-refractivity contribution >= 4 is 33.4 Å². The van der Waals surface area contributed by atoms with Crippen molar-refractivity contribution in [1.29, 1.82) is 0 Å². The van der Waals surface area contributed by atoms with Crippen LogP contribution >= 0.6 is 15.9 Å². The first kappa shape index (κ1) is 13.2. The summed E-state index contributed by atoms with van der Waals surface area (Å²) in [6.07, 6.45) is 4.17. The topological polar surface area (TPSA) is 85.7 Å². The minimum atomic E-state index is -0.353. The van der Waals surface area contributed by atoms with Gasteiger partial charge in [0.1, 0.15) is 11.8 Å². The number of nitrogens with zero attached hydrogens (tertiary/aromatic N) is 4. The second-order valence-corrected chi connectivity index (χ2v) is 5.51. The summed E-state index contributed by atoms with van der Waals surface area (Å²) >= 11 is 3.37. The number of carbonyl (C=O) groups is 1. The maximum atomic E-state index is 12.1. The molecule has 0 saturated carbocycles. The van der Waals surface area contributed by atoms with Gasteiger partial charge in [-0.1, -0.05) is 0 Å². The van der Waals surface area contributed by atoms with Gasteiger partial charge in [0, 0.05) is 19.2 Å². The largest absolute Gasteiger partial charge is 0.416 e. The molecule has 2 aromatic heterocycles. The fraction of sp³-hybridized carbons (Fsp3) is 0.417. The molecule has 1 fully saturated rings. The number of rotatable bonds is 1. The molecule has 1 amide bonds. The molecule has 1 saturated heterocycles. The van der Waals surface area contributed by atoms with Gasteiger partial charge in [0.05, 0.1) is 4.47 Å². The van der Waals surface area contributed by atoms with Gasteiger partial charge in [-0.3, -0.25) is 0 Å². The van der Waals surface area contributed by atoms with Crippen molar-refractivity contribution in [2.75, 3.05) is 18.8 Å². The molecule has 3 rings (SSSR count). The zero-order chi connectivity index (χ0) is 14.1. The molecule has 106 valence electrons. The van der Waals surface area contributed by atoms with Crippen LogP contribution < -0.4 is 10.5 Å². The highest BCUT2D eigenvalue weighted by molar-refractivity contribution is 9.10. The lowest BCUT2D eigenvalue weighted by Crippen LogP contribution is -2.37. The van der Waals surface area contributed by atoms with Crippen LogP contribution in [0.5, 0.6) is 5.88 Å². The van der Waals surface area contributed by atoms with Crippen LogP contribution in [-0.2, 0) is 0 Å². The second kappa shape index (κ2) is 5.28. The first-order valence-corrected chi connectivity index (χ1v) is 7.20. The van der Waals surface area contributed by atoms with Crippen LogP contribution in [0.2, 0.25) is 0 Å². The summed E-state index contributed by atoms with van der Waals surface area (Å²) in [6, 6.07) is 1.67. The van der Waals surface area contributed by atoms with E-state index in [1.165, 1.54) is 10.8 Å². The standard InChI is InChI=1S/C12H14BrN5O2/c13-8-6-9(18-10(8)11(14)15-7-16-18)20-12(19)17-4-2-1-3-5-17/h6-7H,1-5H2,(H2,14,15,16). The summed E-state index contributed by atoms with van der Waals surface area (Å²) in [5.74, 6) is 0.656. The summed E-state index contributed by atoms with van der Waals surface area (Å²) in [5.41, 5.74) is 6.38. The van der Waals surface area contributed by atoms with E-state index in [1.54, 1.807) is 11.0 Å². The molecule has 1 aliphatic rings. The Morgan fingerprint density at radius 1 is 1.35 bits per heavy atom. The Morgan fingerprint density at radius 3 is 2.85 bits per heavy atom. The lowest BCUT2D eigenvalue weighted by molar-refractivity contribution is 0.140. The van der Waals surface area contributed by atoms with Gasteiger partial charge in [-0.25, -0.2) is 9.78 Å². The van der Waals surface area contributed by atoms with Crippen molar-refractivity contribution in [2.24, 2.45) is 0 Å². The third kappa shape index (κ3) is 2.31. The van der Waals surface area contributed by atoms with Crippen molar-refractivity contribution in [3.63, 3.8) is 0 Å². The zero-order valence-corrected chi connectivity index (χ0v) is 12.3. The number of ether oxygens (including phenoxy) is 1. The van der Waals surface area contributed by atoms with E-state index in [9.17, 15) is 4.79 Å². The quantitative estimate of drug-likeness (QED) is 0.859. The molecule has 0 radical (unpaired) electrons. The van der Waals surface area contributed by atoms with Crippen LogP contribution in [0.15, 0.2) is 16.9 Å². The summed E-state index contributed by atoms with van der Waals surface area (Å²) < 4.78 is 7.58. The molecule has 2 aromatic rings. The molecule has 8 heteroatoms. The predicted octanol–water partition coefficient (Wildman–Crippen LogP) is 2.06. The van der Waals surface area contributed by atoms with Crippen molar-refractivity contribution in [3.8, 4) is 5.88 Å². The average Bonchev–Trinajstić information content (AvgIpc) is 2.77. The number of nitrogen functional groups attached to an aromatic ring is 1. The van der Waals surface area contributed by atoms with Crippen LogP contribution in [0.4, 0.5) is 10.6 Å². The average molecular weight is 340 g/mol. The molecule has 0 bridgehead atoms. The van der Waals surface area contributed by atoms with Crippen LogP contribution in [-0.4, -0.2) is 38.7 Å². The number of nitrogens with two attached hydrogens (primary N) is 1. The van der Waals surface area contributed by atoms with Gasteiger partial charge >= 0.3 is 6.09 Å². The number of carbonyl (C=O) groups excluding carboxylic acids is 1. The van der Waals surface area contributed by atoms with Gasteiger partial charge < -0.3 is 15.4 Å². The van der Waals surface area contributed by atoms with E-state index in [-0.39, 0.29) is 6.09 Å².